The number of rotatable bonds is 8. The molecule has 1 rings (SSSR count). The van der Waals surface area contributed by atoms with Crippen molar-refractivity contribution in [1.29, 1.82) is 0 Å². The first-order valence-electron chi connectivity index (χ1n) is 7.69. The standard InChI is InChI=1S/C17H27N3O2/c1-5-17(12(2)3,16(18)22)20-11-15(21)19-10-14-8-6-7-13(4)9-14/h6-9,12,20H,5,10-11H2,1-4H3,(H2,18,22)(H,19,21)/t17-/m1/s1. The van der Waals surface area contributed by atoms with E-state index in [1.807, 2.05) is 52.0 Å². The van der Waals surface area contributed by atoms with Crippen LogP contribution in [0.15, 0.2) is 24.3 Å². The zero-order valence-corrected chi connectivity index (χ0v) is 13.9. The van der Waals surface area contributed by atoms with E-state index in [2.05, 4.69) is 10.6 Å². The van der Waals surface area contributed by atoms with Gasteiger partial charge < -0.3 is 11.1 Å². The van der Waals surface area contributed by atoms with Gasteiger partial charge in [0.1, 0.15) is 5.54 Å². The maximum absolute atomic E-state index is 12.0. The first-order chi connectivity index (χ1) is 10.3. The number of carbonyl (C=O) groups is 2. The fourth-order valence-corrected chi connectivity index (χ4v) is 2.61. The highest BCUT2D eigenvalue weighted by Crippen LogP contribution is 2.20. The van der Waals surface area contributed by atoms with E-state index in [1.54, 1.807) is 0 Å². The normalized spacial score (nSPS) is 13.7. The minimum Gasteiger partial charge on any atom is -0.368 e. The first kappa shape index (κ1) is 18.2. The highest BCUT2D eigenvalue weighted by molar-refractivity contribution is 5.86. The van der Waals surface area contributed by atoms with Gasteiger partial charge >= 0.3 is 0 Å². The number of hydrogen-bond donors (Lipinski definition) is 3. The third-order valence-corrected chi connectivity index (χ3v) is 4.12. The summed E-state index contributed by atoms with van der Waals surface area (Å²) in [7, 11) is 0. The van der Waals surface area contributed by atoms with Crippen LogP contribution >= 0.6 is 0 Å². The van der Waals surface area contributed by atoms with E-state index in [0.29, 0.717) is 13.0 Å². The third kappa shape index (κ3) is 4.56. The number of benzene rings is 1. The Labute approximate surface area is 132 Å². The Morgan fingerprint density at radius 3 is 2.50 bits per heavy atom. The lowest BCUT2D eigenvalue weighted by Crippen LogP contribution is -2.60. The molecular formula is C17H27N3O2. The van der Waals surface area contributed by atoms with Gasteiger partial charge in [0.2, 0.25) is 11.8 Å². The van der Waals surface area contributed by atoms with Crippen molar-refractivity contribution in [1.82, 2.24) is 10.6 Å². The Morgan fingerprint density at radius 2 is 2.00 bits per heavy atom. The molecule has 0 aliphatic carbocycles. The number of amides is 2. The molecule has 1 aromatic carbocycles. The molecule has 2 amide bonds. The van der Waals surface area contributed by atoms with Gasteiger partial charge in [-0.1, -0.05) is 50.6 Å². The quantitative estimate of drug-likeness (QED) is 0.680. The van der Waals surface area contributed by atoms with Gasteiger partial charge in [0.25, 0.3) is 0 Å². The number of hydrogen-bond acceptors (Lipinski definition) is 3. The predicted octanol–water partition coefficient (Wildman–Crippen LogP) is 1.49. The van der Waals surface area contributed by atoms with E-state index >= 15 is 0 Å². The van der Waals surface area contributed by atoms with Crippen molar-refractivity contribution in [2.45, 2.75) is 46.2 Å². The Bertz CT molecular complexity index is 528. The first-order valence-corrected chi connectivity index (χ1v) is 7.69. The van der Waals surface area contributed by atoms with Crippen LogP contribution in [0, 0.1) is 12.8 Å². The molecule has 0 heterocycles. The summed E-state index contributed by atoms with van der Waals surface area (Å²) < 4.78 is 0. The van der Waals surface area contributed by atoms with Gasteiger partial charge in [-0.25, -0.2) is 0 Å². The molecule has 0 fully saturated rings. The fourth-order valence-electron chi connectivity index (χ4n) is 2.61. The number of nitrogens with two attached hydrogens (primary N) is 1. The molecule has 122 valence electrons. The lowest BCUT2D eigenvalue weighted by molar-refractivity contribution is -0.127. The van der Waals surface area contributed by atoms with Crippen LogP contribution in [0.4, 0.5) is 0 Å². The summed E-state index contributed by atoms with van der Waals surface area (Å²) in [5.74, 6) is -0.558. The average Bonchev–Trinajstić information content (AvgIpc) is 2.45. The Hall–Kier alpha value is -1.88. The smallest absolute Gasteiger partial charge is 0.237 e. The summed E-state index contributed by atoms with van der Waals surface area (Å²) in [6.45, 7) is 8.29. The lowest BCUT2D eigenvalue weighted by Gasteiger charge is -2.34. The Kier molecular flexibility index (Phi) is 6.56. The zero-order chi connectivity index (χ0) is 16.8. The van der Waals surface area contributed by atoms with Crippen LogP contribution in [0.3, 0.4) is 0 Å². The molecule has 0 saturated heterocycles. The van der Waals surface area contributed by atoms with Gasteiger partial charge in [0, 0.05) is 6.54 Å². The molecule has 1 aromatic rings. The van der Waals surface area contributed by atoms with Crippen molar-refractivity contribution in [3.63, 3.8) is 0 Å². The molecule has 0 aliphatic heterocycles. The second-order valence-corrected chi connectivity index (χ2v) is 5.96. The van der Waals surface area contributed by atoms with E-state index in [4.69, 9.17) is 5.73 Å². The van der Waals surface area contributed by atoms with Crippen molar-refractivity contribution in [2.75, 3.05) is 6.54 Å². The predicted molar refractivity (Wildman–Crippen MR) is 88.1 cm³/mol. The van der Waals surface area contributed by atoms with Crippen molar-refractivity contribution in [3.05, 3.63) is 35.4 Å². The highest BCUT2D eigenvalue weighted by Gasteiger charge is 2.37. The summed E-state index contributed by atoms with van der Waals surface area (Å²) in [6.07, 6.45) is 0.547. The monoisotopic (exact) mass is 305 g/mol. The van der Waals surface area contributed by atoms with E-state index < -0.39 is 11.4 Å². The molecule has 5 heteroatoms. The molecule has 0 aliphatic rings. The number of carbonyl (C=O) groups excluding carboxylic acids is 2. The van der Waals surface area contributed by atoms with E-state index in [9.17, 15) is 9.59 Å². The molecular weight excluding hydrogens is 278 g/mol. The lowest BCUT2D eigenvalue weighted by atomic mass is 9.83. The molecule has 0 bridgehead atoms. The minimum atomic E-state index is -0.847. The summed E-state index contributed by atoms with van der Waals surface area (Å²) in [6, 6.07) is 7.97. The number of nitrogens with one attached hydrogen (secondary N) is 2. The largest absolute Gasteiger partial charge is 0.368 e. The minimum absolute atomic E-state index is 0.0135. The third-order valence-electron chi connectivity index (χ3n) is 4.12. The topological polar surface area (TPSA) is 84.2 Å². The molecule has 0 aromatic heterocycles. The van der Waals surface area contributed by atoms with E-state index in [-0.39, 0.29) is 18.4 Å². The highest BCUT2D eigenvalue weighted by atomic mass is 16.2. The average molecular weight is 305 g/mol. The molecule has 0 spiro atoms. The summed E-state index contributed by atoms with van der Waals surface area (Å²) >= 11 is 0. The van der Waals surface area contributed by atoms with Gasteiger partial charge in [-0.15, -0.1) is 0 Å². The zero-order valence-electron chi connectivity index (χ0n) is 13.9. The maximum Gasteiger partial charge on any atom is 0.237 e. The molecule has 0 radical (unpaired) electrons. The molecule has 5 nitrogen and oxygen atoms in total. The van der Waals surface area contributed by atoms with Crippen LogP contribution < -0.4 is 16.4 Å². The van der Waals surface area contributed by atoms with Gasteiger partial charge in [-0.2, -0.15) is 0 Å². The summed E-state index contributed by atoms with van der Waals surface area (Å²) in [4.78, 5) is 23.7. The van der Waals surface area contributed by atoms with Crippen LogP contribution in [0.2, 0.25) is 0 Å². The fraction of sp³-hybridized carbons (Fsp3) is 0.529. The van der Waals surface area contributed by atoms with Crippen molar-refractivity contribution < 1.29 is 9.59 Å². The van der Waals surface area contributed by atoms with Crippen LogP contribution in [-0.4, -0.2) is 23.9 Å². The summed E-state index contributed by atoms with van der Waals surface area (Å²) in [5, 5.41) is 5.89. The molecule has 0 unspecified atom stereocenters. The van der Waals surface area contributed by atoms with Crippen molar-refractivity contribution in [3.8, 4) is 0 Å². The second kappa shape index (κ2) is 7.94. The number of aryl methyl sites for hydroxylation is 1. The van der Waals surface area contributed by atoms with Crippen molar-refractivity contribution in [2.24, 2.45) is 11.7 Å². The molecule has 4 N–H and O–H groups in total. The van der Waals surface area contributed by atoms with E-state index in [1.165, 1.54) is 0 Å². The van der Waals surface area contributed by atoms with Gasteiger partial charge in [-0.05, 0) is 24.8 Å². The number of primary amides is 1. The molecule has 22 heavy (non-hydrogen) atoms. The van der Waals surface area contributed by atoms with Gasteiger partial charge in [0.05, 0.1) is 6.54 Å². The van der Waals surface area contributed by atoms with E-state index in [0.717, 1.165) is 11.1 Å². The van der Waals surface area contributed by atoms with Crippen LogP contribution in [0.25, 0.3) is 0 Å². The van der Waals surface area contributed by atoms with Crippen LogP contribution in [0.5, 0.6) is 0 Å². The van der Waals surface area contributed by atoms with Crippen LogP contribution in [0.1, 0.15) is 38.3 Å². The van der Waals surface area contributed by atoms with Crippen LogP contribution in [-0.2, 0) is 16.1 Å². The SMILES string of the molecule is CC[C@](NCC(=O)NCc1cccc(C)c1)(C(N)=O)C(C)C. The Morgan fingerprint density at radius 1 is 1.32 bits per heavy atom. The second-order valence-electron chi connectivity index (χ2n) is 5.96. The molecule has 0 saturated carbocycles. The maximum atomic E-state index is 12.0. The summed E-state index contributed by atoms with van der Waals surface area (Å²) in [5.41, 5.74) is 6.88. The Balaban J connectivity index is 2.56. The van der Waals surface area contributed by atoms with Crippen molar-refractivity contribution >= 4 is 11.8 Å². The van der Waals surface area contributed by atoms with Gasteiger partial charge in [0.15, 0.2) is 0 Å². The van der Waals surface area contributed by atoms with Gasteiger partial charge in [-0.3, -0.25) is 14.9 Å². The molecule has 1 atom stereocenters.